The maximum absolute atomic E-state index is 15.0. The Morgan fingerprint density at radius 2 is 1.62 bits per heavy atom. The maximum Gasteiger partial charge on any atom is 0.264 e. The number of halogens is 1. The van der Waals surface area contributed by atoms with Crippen LogP contribution in [0.1, 0.15) is 30.0 Å². The van der Waals surface area contributed by atoms with E-state index in [0.717, 1.165) is 31.7 Å². The summed E-state index contributed by atoms with van der Waals surface area (Å²) in [5, 5.41) is 11.2. The van der Waals surface area contributed by atoms with Gasteiger partial charge >= 0.3 is 0 Å². The molecule has 2 aliphatic rings. The number of fused-ring (bicyclic) bond motifs is 2. The van der Waals surface area contributed by atoms with Crippen molar-refractivity contribution in [3.05, 3.63) is 123 Å². The molecule has 1 spiro atoms. The monoisotopic (exact) mass is 774 g/mol. The normalized spacial score (nSPS) is 21.8. The van der Waals surface area contributed by atoms with E-state index in [0.29, 0.717) is 13.1 Å². The van der Waals surface area contributed by atoms with E-state index in [9.17, 15) is 14.7 Å². The first-order chi connectivity index (χ1) is 23.1. The molecule has 7 nitrogen and oxygen atoms in total. The average molecular weight is 775 g/mol. The molecule has 0 unspecified atom stereocenters. The van der Waals surface area contributed by atoms with Crippen LogP contribution in [0.4, 0.5) is 5.69 Å². The van der Waals surface area contributed by atoms with Crippen molar-refractivity contribution in [2.45, 2.75) is 56.8 Å². The molecular formula is C39H43IN2O5Si. The molecule has 2 heterocycles. The summed E-state index contributed by atoms with van der Waals surface area (Å²) >= 11 is 2.31. The summed E-state index contributed by atoms with van der Waals surface area (Å²) in [5.41, 5.74) is 2.45. The van der Waals surface area contributed by atoms with Gasteiger partial charge in [0.05, 0.1) is 46.5 Å². The number of hydrogen-bond acceptors (Lipinski definition) is 5. The zero-order valence-corrected chi connectivity index (χ0v) is 31.1. The summed E-state index contributed by atoms with van der Waals surface area (Å²) in [6.45, 7) is 7.69. The summed E-state index contributed by atoms with van der Waals surface area (Å²) < 4.78 is 13.7. The van der Waals surface area contributed by atoms with Gasteiger partial charge in [-0.2, -0.15) is 0 Å². The smallest absolute Gasteiger partial charge is 0.264 e. The highest BCUT2D eigenvalue weighted by atomic mass is 127. The van der Waals surface area contributed by atoms with Gasteiger partial charge in [-0.3, -0.25) is 9.59 Å². The van der Waals surface area contributed by atoms with Crippen molar-refractivity contribution in [1.82, 2.24) is 4.90 Å². The summed E-state index contributed by atoms with van der Waals surface area (Å²) in [4.78, 5) is 32.8. The first kappa shape index (κ1) is 34.4. The molecule has 0 aromatic heterocycles. The predicted molar refractivity (Wildman–Crippen MR) is 200 cm³/mol. The molecule has 2 amide bonds. The minimum Gasteiger partial charge on any atom is -0.497 e. The third-order valence-corrected chi connectivity index (χ3v) is 15.3. The highest BCUT2D eigenvalue weighted by Crippen LogP contribution is 2.60. The van der Waals surface area contributed by atoms with E-state index in [-0.39, 0.29) is 42.8 Å². The highest BCUT2D eigenvalue weighted by Gasteiger charge is 2.66. The van der Waals surface area contributed by atoms with Crippen molar-refractivity contribution >= 4 is 53.4 Å². The lowest BCUT2D eigenvalue weighted by Crippen LogP contribution is -2.52. The van der Waals surface area contributed by atoms with Crippen molar-refractivity contribution < 1.29 is 24.2 Å². The minimum atomic E-state index is -2.43. The van der Waals surface area contributed by atoms with Gasteiger partial charge < -0.3 is 24.4 Å². The molecule has 250 valence electrons. The van der Waals surface area contributed by atoms with Gasteiger partial charge in [0, 0.05) is 28.1 Å². The van der Waals surface area contributed by atoms with Gasteiger partial charge in [-0.1, -0.05) is 98.0 Å². The fourth-order valence-electron chi connectivity index (χ4n) is 7.93. The Balaban J connectivity index is 1.43. The Kier molecular flexibility index (Phi) is 10.1. The van der Waals surface area contributed by atoms with E-state index in [1.54, 1.807) is 12.0 Å². The van der Waals surface area contributed by atoms with Crippen molar-refractivity contribution in [2.24, 2.45) is 5.92 Å². The van der Waals surface area contributed by atoms with Crippen LogP contribution in [0, 0.1) is 9.49 Å². The van der Waals surface area contributed by atoms with Crippen LogP contribution in [-0.2, 0) is 33.0 Å². The molecule has 1 N–H and O–H groups in total. The van der Waals surface area contributed by atoms with Gasteiger partial charge in [-0.15, -0.1) is 0 Å². The Labute approximate surface area is 298 Å². The average Bonchev–Trinajstić information content (AvgIpc) is 3.51. The van der Waals surface area contributed by atoms with Gasteiger partial charge in [-0.25, -0.2) is 0 Å². The van der Waals surface area contributed by atoms with Gasteiger partial charge in [0.1, 0.15) is 5.75 Å². The Morgan fingerprint density at radius 1 is 0.979 bits per heavy atom. The Morgan fingerprint density at radius 3 is 2.25 bits per heavy atom. The minimum absolute atomic E-state index is 0.0751. The van der Waals surface area contributed by atoms with Gasteiger partial charge in [0.25, 0.3) is 5.91 Å². The van der Waals surface area contributed by atoms with E-state index in [1.165, 1.54) is 5.19 Å². The number of aliphatic hydroxyl groups excluding tert-OH is 1. The number of rotatable bonds is 11. The number of anilines is 1. The molecule has 0 saturated carbocycles. The number of benzene rings is 4. The number of amides is 2. The van der Waals surface area contributed by atoms with E-state index < -0.39 is 19.8 Å². The lowest BCUT2D eigenvalue weighted by atomic mass is 9.82. The van der Waals surface area contributed by atoms with Crippen LogP contribution in [0.2, 0.25) is 18.6 Å². The summed E-state index contributed by atoms with van der Waals surface area (Å²) in [6, 6.07) is 34.3. The topological polar surface area (TPSA) is 79.3 Å². The lowest BCUT2D eigenvalue weighted by molar-refractivity contribution is -0.150. The van der Waals surface area contributed by atoms with Crippen LogP contribution in [0.25, 0.3) is 0 Å². The molecule has 1 fully saturated rings. The summed E-state index contributed by atoms with van der Waals surface area (Å²) in [7, 11) is -0.768. The molecule has 0 bridgehead atoms. The van der Waals surface area contributed by atoms with Crippen LogP contribution in [-0.4, -0.2) is 56.3 Å². The van der Waals surface area contributed by atoms with Crippen molar-refractivity contribution in [3.8, 4) is 5.75 Å². The van der Waals surface area contributed by atoms with Crippen LogP contribution in [0.3, 0.4) is 0 Å². The molecular weight excluding hydrogens is 731 g/mol. The predicted octanol–water partition coefficient (Wildman–Crippen LogP) is 6.47. The van der Waals surface area contributed by atoms with Gasteiger partial charge in [0.15, 0.2) is 5.60 Å². The Hall–Kier alpha value is -3.51. The van der Waals surface area contributed by atoms with Crippen LogP contribution >= 0.6 is 22.6 Å². The van der Waals surface area contributed by atoms with Crippen molar-refractivity contribution in [1.29, 1.82) is 0 Å². The quantitative estimate of drug-likeness (QED) is 0.140. The number of methoxy groups -OCH3 is 1. The number of carbonyl (C=O) groups excluding carboxylic acids is 2. The third kappa shape index (κ3) is 6.33. The molecule has 4 atom stereocenters. The number of hydrogen-bond donors (Lipinski definition) is 1. The number of carbonyl (C=O) groups is 2. The third-order valence-electron chi connectivity index (χ3n) is 10.3. The van der Waals surface area contributed by atoms with Crippen LogP contribution in [0.15, 0.2) is 103 Å². The molecule has 48 heavy (non-hydrogen) atoms. The molecule has 6 rings (SSSR count). The molecule has 0 aliphatic carbocycles. The second-order valence-electron chi connectivity index (χ2n) is 13.4. The molecule has 0 radical (unpaired) electrons. The number of ether oxygens (including phenoxy) is 2. The second-order valence-corrected chi connectivity index (χ2v) is 19.4. The molecule has 4 aromatic carbocycles. The second kappa shape index (κ2) is 14.1. The fraction of sp³-hybridized carbons (Fsp3) is 0.333. The number of aliphatic hydroxyl groups is 1. The highest BCUT2D eigenvalue weighted by molar-refractivity contribution is 14.1. The fourth-order valence-corrected chi connectivity index (χ4v) is 12.4. The standard InChI is InChI=1S/C39H43IN2O5Si/c1-27-37(48(3,4)32-18-16-31(46-2)17-19-32)35(24-36(44)41(21-22-43)25-28-11-7-5-8-12-28)47-39(27)33-23-30(40)15-20-34(33)42(38(39)45)26-29-13-9-6-10-14-29/h5-20,23,27,35,37,43H,21-22,24-26H2,1-4H3/t27-,35+,37-,39+/m0/s1. The zero-order valence-electron chi connectivity index (χ0n) is 27.9. The van der Waals surface area contributed by atoms with Gasteiger partial charge in [0.2, 0.25) is 5.91 Å². The number of nitrogens with zero attached hydrogens (tertiary/aromatic N) is 2. The van der Waals surface area contributed by atoms with Crippen molar-refractivity contribution in [2.75, 3.05) is 25.2 Å². The largest absolute Gasteiger partial charge is 0.497 e. The molecule has 9 heteroatoms. The summed E-state index contributed by atoms with van der Waals surface area (Å²) in [6.07, 6.45) is -0.402. The van der Waals surface area contributed by atoms with E-state index in [1.807, 2.05) is 89.8 Å². The van der Waals surface area contributed by atoms with Crippen LogP contribution < -0.4 is 14.8 Å². The van der Waals surface area contributed by atoms with Crippen molar-refractivity contribution in [3.63, 3.8) is 0 Å². The van der Waals surface area contributed by atoms with Gasteiger partial charge in [-0.05, 0) is 69.6 Å². The summed E-state index contributed by atoms with van der Waals surface area (Å²) in [5.74, 6) is 0.395. The maximum atomic E-state index is 15.0. The Bertz CT molecular complexity index is 1750. The van der Waals surface area contributed by atoms with E-state index in [2.05, 4.69) is 60.8 Å². The zero-order chi connectivity index (χ0) is 34.1. The molecule has 1 saturated heterocycles. The van der Waals surface area contributed by atoms with E-state index >= 15 is 0 Å². The lowest BCUT2D eigenvalue weighted by Gasteiger charge is -2.37. The SMILES string of the molecule is COc1ccc([Si](C)(C)[C@@H]2[C@@H](CC(=O)N(CCO)Cc3ccccc3)O[C@]3(C(=O)N(Cc4ccccc4)c4ccc(I)cc43)[C@H]2C)cc1. The van der Waals surface area contributed by atoms with E-state index in [4.69, 9.17) is 9.47 Å². The van der Waals surface area contributed by atoms with Crippen LogP contribution in [0.5, 0.6) is 5.75 Å². The molecule has 4 aromatic rings. The molecule has 2 aliphatic heterocycles. The first-order valence-corrected chi connectivity index (χ1v) is 20.7. The first-order valence-electron chi connectivity index (χ1n) is 16.5.